The molecule has 2 nitrogen and oxygen atoms in total. The highest BCUT2D eigenvalue weighted by Gasteiger charge is 2.08. The van der Waals surface area contributed by atoms with E-state index in [0.717, 1.165) is 3.57 Å². The van der Waals surface area contributed by atoms with Gasteiger partial charge >= 0.3 is 6.61 Å². The van der Waals surface area contributed by atoms with Gasteiger partial charge < -0.3 is 9.84 Å². The Morgan fingerprint density at radius 1 is 1.42 bits per heavy atom. The lowest BCUT2D eigenvalue weighted by atomic mass is 10.3. The van der Waals surface area contributed by atoms with Crippen LogP contribution < -0.4 is 4.74 Å². The second kappa shape index (κ2) is 3.88. The third kappa shape index (κ3) is 2.47. The molecule has 0 heterocycles. The van der Waals surface area contributed by atoms with Gasteiger partial charge in [0.05, 0.1) is 0 Å². The summed E-state index contributed by atoms with van der Waals surface area (Å²) < 4.78 is 28.1. The van der Waals surface area contributed by atoms with E-state index in [2.05, 4.69) is 4.74 Å². The number of aromatic hydroxyl groups is 1. The quantitative estimate of drug-likeness (QED) is 0.847. The molecule has 66 valence electrons. The van der Waals surface area contributed by atoms with Crippen LogP contribution in [-0.2, 0) is 0 Å². The highest BCUT2D eigenvalue weighted by Crippen LogP contribution is 2.28. The fraction of sp³-hybridized carbons (Fsp3) is 0.143. The standard InChI is InChI=1S/C7H5F2IO2/c8-7(9)12-6-2-1-4(10)3-5(6)11/h1-3,7,11H. The number of phenolic OH excluding ortho intramolecular Hbond substituents is 1. The third-order valence-corrected chi connectivity index (χ3v) is 1.81. The summed E-state index contributed by atoms with van der Waals surface area (Å²) in [6.07, 6.45) is 0. The fourth-order valence-electron chi connectivity index (χ4n) is 0.686. The first kappa shape index (κ1) is 9.50. The largest absolute Gasteiger partial charge is 0.504 e. The molecule has 0 fully saturated rings. The number of alkyl halides is 2. The van der Waals surface area contributed by atoms with E-state index >= 15 is 0 Å². The van der Waals surface area contributed by atoms with Gasteiger partial charge in [-0.25, -0.2) is 0 Å². The van der Waals surface area contributed by atoms with Crippen LogP contribution in [-0.4, -0.2) is 11.7 Å². The zero-order valence-electron chi connectivity index (χ0n) is 5.80. The van der Waals surface area contributed by atoms with E-state index in [4.69, 9.17) is 5.11 Å². The summed E-state index contributed by atoms with van der Waals surface area (Å²) in [7, 11) is 0. The summed E-state index contributed by atoms with van der Waals surface area (Å²) in [5.74, 6) is -0.479. The molecule has 0 atom stereocenters. The predicted molar refractivity (Wildman–Crippen MR) is 47.5 cm³/mol. The van der Waals surface area contributed by atoms with Crippen LogP contribution in [0.3, 0.4) is 0 Å². The molecule has 12 heavy (non-hydrogen) atoms. The predicted octanol–water partition coefficient (Wildman–Crippen LogP) is 2.60. The molecule has 0 amide bonds. The maximum absolute atomic E-state index is 11.7. The van der Waals surface area contributed by atoms with Crippen LogP contribution in [0.1, 0.15) is 0 Å². The second-order valence-electron chi connectivity index (χ2n) is 1.99. The lowest BCUT2D eigenvalue weighted by Crippen LogP contribution is -2.01. The highest BCUT2D eigenvalue weighted by molar-refractivity contribution is 14.1. The van der Waals surface area contributed by atoms with Crippen LogP contribution >= 0.6 is 22.6 Å². The van der Waals surface area contributed by atoms with E-state index in [1.807, 2.05) is 22.6 Å². The summed E-state index contributed by atoms with van der Waals surface area (Å²) in [6.45, 7) is -2.91. The van der Waals surface area contributed by atoms with Gasteiger partial charge in [0, 0.05) is 3.57 Å². The maximum Gasteiger partial charge on any atom is 0.387 e. The van der Waals surface area contributed by atoms with Crippen molar-refractivity contribution in [2.75, 3.05) is 0 Å². The molecule has 1 aromatic rings. The first-order chi connectivity index (χ1) is 5.59. The van der Waals surface area contributed by atoms with Crippen molar-refractivity contribution >= 4 is 22.6 Å². The number of ether oxygens (including phenoxy) is 1. The Hall–Kier alpha value is -0.590. The monoisotopic (exact) mass is 286 g/mol. The molecule has 5 heteroatoms. The van der Waals surface area contributed by atoms with Crippen molar-refractivity contribution in [1.82, 2.24) is 0 Å². The number of hydrogen-bond donors (Lipinski definition) is 1. The normalized spacial score (nSPS) is 10.3. The molecule has 0 saturated heterocycles. The Morgan fingerprint density at radius 2 is 2.08 bits per heavy atom. The molecule has 1 rings (SSSR count). The minimum Gasteiger partial charge on any atom is -0.504 e. The number of rotatable bonds is 2. The lowest BCUT2D eigenvalue weighted by Gasteiger charge is -2.05. The van der Waals surface area contributed by atoms with Crippen molar-refractivity contribution in [2.45, 2.75) is 6.61 Å². The third-order valence-electron chi connectivity index (χ3n) is 1.14. The smallest absolute Gasteiger partial charge is 0.387 e. The van der Waals surface area contributed by atoms with Gasteiger partial charge in [0.25, 0.3) is 0 Å². The maximum atomic E-state index is 11.7. The van der Waals surface area contributed by atoms with Gasteiger partial charge in [0.2, 0.25) is 0 Å². The number of phenols is 1. The fourth-order valence-corrected chi connectivity index (χ4v) is 1.16. The zero-order chi connectivity index (χ0) is 9.14. The Bertz CT molecular complexity index is 278. The average molecular weight is 286 g/mol. The molecule has 1 N–H and O–H groups in total. The molecule has 0 bridgehead atoms. The van der Waals surface area contributed by atoms with E-state index in [0.29, 0.717) is 0 Å². The van der Waals surface area contributed by atoms with E-state index in [1.165, 1.54) is 12.1 Å². The van der Waals surface area contributed by atoms with Gasteiger partial charge in [-0.05, 0) is 40.8 Å². The van der Waals surface area contributed by atoms with Crippen LogP contribution in [0.2, 0.25) is 0 Å². The average Bonchev–Trinajstić information content (AvgIpc) is 1.94. The van der Waals surface area contributed by atoms with Gasteiger partial charge in [-0.1, -0.05) is 0 Å². The van der Waals surface area contributed by atoms with Crippen LogP contribution in [0.4, 0.5) is 8.78 Å². The van der Waals surface area contributed by atoms with Crippen molar-refractivity contribution in [3.63, 3.8) is 0 Å². The molecular formula is C7H5F2IO2. The molecule has 0 aliphatic rings. The summed E-state index contributed by atoms with van der Waals surface area (Å²) in [5.41, 5.74) is 0. The van der Waals surface area contributed by atoms with Crippen molar-refractivity contribution in [2.24, 2.45) is 0 Å². The summed E-state index contributed by atoms with van der Waals surface area (Å²) >= 11 is 1.95. The van der Waals surface area contributed by atoms with Gasteiger partial charge in [0.15, 0.2) is 11.5 Å². The highest BCUT2D eigenvalue weighted by atomic mass is 127. The summed E-state index contributed by atoms with van der Waals surface area (Å²) in [5, 5.41) is 9.08. The Kier molecular flexibility index (Phi) is 3.07. The Morgan fingerprint density at radius 3 is 2.58 bits per heavy atom. The van der Waals surface area contributed by atoms with Gasteiger partial charge in [-0.2, -0.15) is 8.78 Å². The second-order valence-corrected chi connectivity index (χ2v) is 3.24. The molecule has 1 aromatic carbocycles. The van der Waals surface area contributed by atoms with E-state index < -0.39 is 6.61 Å². The minimum absolute atomic E-state index is 0.203. The Labute approximate surface area is 81.3 Å². The van der Waals surface area contributed by atoms with Crippen LogP contribution in [0.25, 0.3) is 0 Å². The van der Waals surface area contributed by atoms with Gasteiger partial charge in [0.1, 0.15) is 0 Å². The number of halogens is 3. The molecule has 0 unspecified atom stereocenters. The van der Waals surface area contributed by atoms with Crippen LogP contribution in [0.15, 0.2) is 18.2 Å². The summed E-state index contributed by atoms with van der Waals surface area (Å²) in [4.78, 5) is 0. The first-order valence-electron chi connectivity index (χ1n) is 3.03. The zero-order valence-corrected chi connectivity index (χ0v) is 7.96. The van der Waals surface area contributed by atoms with Crippen LogP contribution in [0.5, 0.6) is 11.5 Å². The number of benzene rings is 1. The first-order valence-corrected chi connectivity index (χ1v) is 4.11. The van der Waals surface area contributed by atoms with E-state index in [1.54, 1.807) is 6.07 Å². The topological polar surface area (TPSA) is 29.5 Å². The van der Waals surface area contributed by atoms with Gasteiger partial charge in [-0.3, -0.25) is 0 Å². The molecule has 0 radical (unpaired) electrons. The molecule has 0 aromatic heterocycles. The molecule has 0 spiro atoms. The minimum atomic E-state index is -2.91. The van der Waals surface area contributed by atoms with Crippen molar-refractivity contribution in [3.05, 3.63) is 21.8 Å². The molecular weight excluding hydrogens is 281 g/mol. The molecule has 0 aliphatic carbocycles. The number of hydrogen-bond acceptors (Lipinski definition) is 2. The van der Waals surface area contributed by atoms with Crippen molar-refractivity contribution < 1.29 is 18.6 Å². The van der Waals surface area contributed by atoms with E-state index in [-0.39, 0.29) is 11.5 Å². The van der Waals surface area contributed by atoms with Crippen LogP contribution in [0, 0.1) is 3.57 Å². The molecule has 0 saturated carbocycles. The Balaban J connectivity index is 2.86. The van der Waals surface area contributed by atoms with E-state index in [9.17, 15) is 8.78 Å². The van der Waals surface area contributed by atoms with Crippen molar-refractivity contribution in [1.29, 1.82) is 0 Å². The SMILES string of the molecule is Oc1cc(I)ccc1OC(F)F. The van der Waals surface area contributed by atoms with Gasteiger partial charge in [-0.15, -0.1) is 0 Å². The lowest BCUT2D eigenvalue weighted by molar-refractivity contribution is -0.0512. The summed E-state index contributed by atoms with van der Waals surface area (Å²) in [6, 6.07) is 4.21. The van der Waals surface area contributed by atoms with Crippen molar-refractivity contribution in [3.8, 4) is 11.5 Å². The molecule has 0 aliphatic heterocycles.